The van der Waals surface area contributed by atoms with Crippen LogP contribution in [0, 0.1) is 0 Å². The summed E-state index contributed by atoms with van der Waals surface area (Å²) in [6.07, 6.45) is 3.55. The van der Waals surface area contributed by atoms with Gasteiger partial charge >= 0.3 is 0 Å². The molecule has 3 heteroatoms. The van der Waals surface area contributed by atoms with Gasteiger partial charge in [0.2, 0.25) is 0 Å². The lowest BCUT2D eigenvalue weighted by molar-refractivity contribution is 0.341. The summed E-state index contributed by atoms with van der Waals surface area (Å²) in [5.74, 6) is 0.846. The summed E-state index contributed by atoms with van der Waals surface area (Å²) in [4.78, 5) is 1.25. The van der Waals surface area contributed by atoms with Gasteiger partial charge in [-0.05, 0) is 41.3 Å². The average Bonchev–Trinajstić information content (AvgIpc) is 2.89. The van der Waals surface area contributed by atoms with Crippen LogP contribution in [-0.4, -0.2) is 14.2 Å². The van der Waals surface area contributed by atoms with E-state index in [1.165, 1.54) is 10.4 Å². The third-order valence-corrected chi connectivity index (χ3v) is 3.34. The highest BCUT2D eigenvalue weighted by Gasteiger charge is 2.04. The standard InChI is InChI=1S/C14H14O2S/c1-15-8-7-11-10-12(5-6-13(11)16-2)14-4-3-9-17-14/h3-10H,1-2H3/b8-7+. The lowest BCUT2D eigenvalue weighted by atomic mass is 10.1. The van der Waals surface area contributed by atoms with Crippen molar-refractivity contribution in [3.05, 3.63) is 47.5 Å². The Balaban J connectivity index is 2.41. The molecule has 0 unspecified atom stereocenters. The smallest absolute Gasteiger partial charge is 0.126 e. The summed E-state index contributed by atoms with van der Waals surface area (Å²) >= 11 is 1.73. The molecule has 17 heavy (non-hydrogen) atoms. The maximum Gasteiger partial charge on any atom is 0.126 e. The molecule has 0 saturated heterocycles. The SMILES string of the molecule is CO/C=C/c1cc(-c2cccs2)ccc1OC. The summed E-state index contributed by atoms with van der Waals surface area (Å²) in [6.45, 7) is 0. The van der Waals surface area contributed by atoms with Crippen LogP contribution in [0.25, 0.3) is 16.5 Å². The second kappa shape index (κ2) is 5.55. The van der Waals surface area contributed by atoms with E-state index >= 15 is 0 Å². The van der Waals surface area contributed by atoms with Crippen LogP contribution in [0.15, 0.2) is 42.0 Å². The molecule has 0 aliphatic carbocycles. The minimum atomic E-state index is 0.846. The van der Waals surface area contributed by atoms with Crippen molar-refractivity contribution in [3.63, 3.8) is 0 Å². The highest BCUT2D eigenvalue weighted by Crippen LogP contribution is 2.30. The Hall–Kier alpha value is -1.74. The molecule has 0 fully saturated rings. The fourth-order valence-corrected chi connectivity index (χ4v) is 2.33. The molecule has 1 aromatic carbocycles. The first kappa shape index (κ1) is 11.7. The Morgan fingerprint density at radius 3 is 2.71 bits per heavy atom. The zero-order valence-corrected chi connectivity index (χ0v) is 10.7. The van der Waals surface area contributed by atoms with E-state index in [1.807, 2.05) is 12.1 Å². The first-order valence-electron chi connectivity index (χ1n) is 5.26. The molecule has 0 radical (unpaired) electrons. The maximum atomic E-state index is 5.31. The van der Waals surface area contributed by atoms with Crippen LogP contribution >= 0.6 is 11.3 Å². The van der Waals surface area contributed by atoms with Crippen LogP contribution < -0.4 is 4.74 Å². The normalized spacial score (nSPS) is 10.7. The fraction of sp³-hybridized carbons (Fsp3) is 0.143. The monoisotopic (exact) mass is 246 g/mol. The summed E-state index contributed by atoms with van der Waals surface area (Å²) < 4.78 is 10.3. The molecule has 0 atom stereocenters. The van der Waals surface area contributed by atoms with Crippen LogP contribution in [0.3, 0.4) is 0 Å². The largest absolute Gasteiger partial charge is 0.504 e. The van der Waals surface area contributed by atoms with Crippen LogP contribution in [-0.2, 0) is 4.74 Å². The average molecular weight is 246 g/mol. The van der Waals surface area contributed by atoms with E-state index in [0.717, 1.165) is 11.3 Å². The third kappa shape index (κ3) is 2.68. The lowest BCUT2D eigenvalue weighted by Crippen LogP contribution is -1.87. The Kier molecular flexibility index (Phi) is 3.83. The van der Waals surface area contributed by atoms with Crippen LogP contribution in [0.5, 0.6) is 5.75 Å². The first-order chi connectivity index (χ1) is 8.35. The molecule has 0 bridgehead atoms. The van der Waals surface area contributed by atoms with E-state index in [9.17, 15) is 0 Å². The van der Waals surface area contributed by atoms with Gasteiger partial charge in [0, 0.05) is 10.4 Å². The second-order valence-electron chi connectivity index (χ2n) is 3.47. The minimum Gasteiger partial charge on any atom is -0.504 e. The molecule has 0 aliphatic heterocycles. The number of benzene rings is 1. The highest BCUT2D eigenvalue weighted by atomic mass is 32.1. The van der Waals surface area contributed by atoms with Gasteiger partial charge in [0.15, 0.2) is 0 Å². The molecule has 0 aliphatic rings. The Labute approximate surface area is 105 Å². The van der Waals surface area contributed by atoms with Gasteiger partial charge in [0.1, 0.15) is 5.75 Å². The molecule has 0 N–H and O–H groups in total. The van der Waals surface area contributed by atoms with Crippen molar-refractivity contribution in [2.24, 2.45) is 0 Å². The molecule has 2 rings (SSSR count). The van der Waals surface area contributed by atoms with Crippen molar-refractivity contribution >= 4 is 17.4 Å². The quantitative estimate of drug-likeness (QED) is 0.758. The third-order valence-electron chi connectivity index (χ3n) is 2.42. The van der Waals surface area contributed by atoms with Crippen LogP contribution in [0.2, 0.25) is 0 Å². The molecule has 88 valence electrons. The van der Waals surface area contributed by atoms with Crippen molar-refractivity contribution in [3.8, 4) is 16.2 Å². The summed E-state index contributed by atoms with van der Waals surface area (Å²) in [7, 11) is 3.30. The van der Waals surface area contributed by atoms with Crippen molar-refractivity contribution in [1.82, 2.24) is 0 Å². The summed E-state index contributed by atoms with van der Waals surface area (Å²) in [6, 6.07) is 10.3. The van der Waals surface area contributed by atoms with Crippen molar-refractivity contribution in [2.75, 3.05) is 14.2 Å². The van der Waals surface area contributed by atoms with Gasteiger partial charge in [-0.1, -0.05) is 6.07 Å². The summed E-state index contributed by atoms with van der Waals surface area (Å²) in [5, 5.41) is 2.07. The van der Waals surface area contributed by atoms with E-state index in [-0.39, 0.29) is 0 Å². The van der Waals surface area contributed by atoms with E-state index in [2.05, 4.69) is 29.6 Å². The number of ether oxygens (including phenoxy) is 2. The number of hydrogen-bond donors (Lipinski definition) is 0. The number of hydrogen-bond acceptors (Lipinski definition) is 3. The van der Waals surface area contributed by atoms with E-state index in [1.54, 1.807) is 31.8 Å². The Morgan fingerprint density at radius 1 is 1.18 bits per heavy atom. The van der Waals surface area contributed by atoms with E-state index < -0.39 is 0 Å². The van der Waals surface area contributed by atoms with Crippen LogP contribution in [0.1, 0.15) is 5.56 Å². The summed E-state index contributed by atoms with van der Waals surface area (Å²) in [5.41, 5.74) is 2.21. The Morgan fingerprint density at radius 2 is 2.06 bits per heavy atom. The fourth-order valence-electron chi connectivity index (χ4n) is 1.60. The Bertz CT molecular complexity index is 501. The first-order valence-corrected chi connectivity index (χ1v) is 6.14. The zero-order chi connectivity index (χ0) is 12.1. The molecular formula is C14H14O2S. The van der Waals surface area contributed by atoms with Gasteiger partial charge in [-0.2, -0.15) is 0 Å². The molecule has 0 spiro atoms. The topological polar surface area (TPSA) is 18.5 Å². The minimum absolute atomic E-state index is 0.846. The predicted octanol–water partition coefficient (Wildman–Crippen LogP) is 4.04. The molecule has 0 amide bonds. The van der Waals surface area contributed by atoms with Gasteiger partial charge < -0.3 is 9.47 Å². The van der Waals surface area contributed by atoms with Crippen LogP contribution in [0.4, 0.5) is 0 Å². The molecule has 1 aromatic heterocycles. The molecule has 1 heterocycles. The van der Waals surface area contributed by atoms with Gasteiger partial charge in [-0.15, -0.1) is 11.3 Å². The number of thiophene rings is 1. The van der Waals surface area contributed by atoms with Gasteiger partial charge in [-0.3, -0.25) is 0 Å². The molecule has 2 nitrogen and oxygen atoms in total. The molecule has 0 saturated carbocycles. The zero-order valence-electron chi connectivity index (χ0n) is 9.84. The second-order valence-corrected chi connectivity index (χ2v) is 4.42. The van der Waals surface area contributed by atoms with E-state index in [4.69, 9.17) is 9.47 Å². The number of rotatable bonds is 4. The predicted molar refractivity (Wildman–Crippen MR) is 72.4 cm³/mol. The molecular weight excluding hydrogens is 232 g/mol. The van der Waals surface area contributed by atoms with Gasteiger partial charge in [-0.25, -0.2) is 0 Å². The van der Waals surface area contributed by atoms with Gasteiger partial charge in [0.05, 0.1) is 20.5 Å². The van der Waals surface area contributed by atoms with Crippen molar-refractivity contribution in [2.45, 2.75) is 0 Å². The maximum absolute atomic E-state index is 5.31. The van der Waals surface area contributed by atoms with Crippen molar-refractivity contribution < 1.29 is 9.47 Å². The highest BCUT2D eigenvalue weighted by molar-refractivity contribution is 7.13. The lowest BCUT2D eigenvalue weighted by Gasteiger charge is -2.06. The van der Waals surface area contributed by atoms with Gasteiger partial charge in [0.25, 0.3) is 0 Å². The van der Waals surface area contributed by atoms with E-state index in [0.29, 0.717) is 0 Å². The molecule has 2 aromatic rings. The van der Waals surface area contributed by atoms with Crippen molar-refractivity contribution in [1.29, 1.82) is 0 Å². The number of methoxy groups -OCH3 is 2.